The van der Waals surface area contributed by atoms with Crippen molar-refractivity contribution in [2.45, 2.75) is 65.3 Å². The van der Waals surface area contributed by atoms with Crippen LogP contribution in [0.15, 0.2) is 0 Å². The van der Waals surface area contributed by atoms with E-state index in [0.717, 1.165) is 38.6 Å². The first kappa shape index (κ1) is 15.5. The number of hydrogen-bond acceptors (Lipinski definition) is 2. The zero-order chi connectivity index (χ0) is 13.5. The molecule has 0 radical (unpaired) electrons. The van der Waals surface area contributed by atoms with Crippen LogP contribution in [0, 0.1) is 17.8 Å². The van der Waals surface area contributed by atoms with Gasteiger partial charge in [-0.25, -0.2) is 0 Å². The predicted molar refractivity (Wildman–Crippen MR) is 76.2 cm³/mol. The van der Waals surface area contributed by atoms with E-state index in [2.05, 4.69) is 26.1 Å². The van der Waals surface area contributed by atoms with Gasteiger partial charge in [0.05, 0.1) is 0 Å². The molecule has 3 N–H and O–H groups in total. The molecule has 1 aliphatic rings. The highest BCUT2D eigenvalue weighted by atomic mass is 16.1. The zero-order valence-electron chi connectivity index (χ0n) is 12.2. The smallest absolute Gasteiger partial charge is 0.223 e. The van der Waals surface area contributed by atoms with E-state index in [9.17, 15) is 4.79 Å². The van der Waals surface area contributed by atoms with Crippen molar-refractivity contribution in [1.29, 1.82) is 0 Å². The molecule has 0 bridgehead atoms. The molecular weight excluding hydrogens is 224 g/mol. The Morgan fingerprint density at radius 3 is 2.39 bits per heavy atom. The van der Waals surface area contributed by atoms with Crippen LogP contribution in [0.5, 0.6) is 0 Å². The fraction of sp³-hybridized carbons (Fsp3) is 0.933. The average Bonchev–Trinajstić information content (AvgIpc) is 2.38. The summed E-state index contributed by atoms with van der Waals surface area (Å²) in [6.45, 7) is 7.34. The van der Waals surface area contributed by atoms with Crippen molar-refractivity contribution >= 4 is 5.91 Å². The molecule has 2 atom stereocenters. The molecule has 1 saturated carbocycles. The lowest BCUT2D eigenvalue weighted by Gasteiger charge is -2.28. The molecule has 3 heteroatoms. The standard InChI is InChI=1S/C15H30N2O/c1-4-11(2)9-12(3)17-15(18)14-7-5-13(10-16)6-8-14/h11-14H,4-10,16H2,1-3H3,(H,17,18). The Morgan fingerprint density at radius 1 is 1.28 bits per heavy atom. The van der Waals surface area contributed by atoms with Gasteiger partial charge in [0.1, 0.15) is 0 Å². The van der Waals surface area contributed by atoms with Gasteiger partial charge in [-0.15, -0.1) is 0 Å². The van der Waals surface area contributed by atoms with Crippen LogP contribution >= 0.6 is 0 Å². The van der Waals surface area contributed by atoms with E-state index < -0.39 is 0 Å². The van der Waals surface area contributed by atoms with E-state index in [0.29, 0.717) is 17.9 Å². The normalized spacial score (nSPS) is 27.6. The van der Waals surface area contributed by atoms with Crippen molar-refractivity contribution < 1.29 is 4.79 Å². The number of amides is 1. The number of nitrogens with two attached hydrogens (primary N) is 1. The van der Waals surface area contributed by atoms with Crippen LogP contribution in [0.4, 0.5) is 0 Å². The summed E-state index contributed by atoms with van der Waals surface area (Å²) in [5, 5.41) is 3.18. The van der Waals surface area contributed by atoms with Crippen LogP contribution in [0.2, 0.25) is 0 Å². The maximum absolute atomic E-state index is 12.1. The van der Waals surface area contributed by atoms with Gasteiger partial charge >= 0.3 is 0 Å². The Labute approximate surface area is 112 Å². The van der Waals surface area contributed by atoms with Crippen LogP contribution < -0.4 is 11.1 Å². The SMILES string of the molecule is CCC(C)CC(C)NC(=O)C1CCC(CN)CC1. The molecule has 106 valence electrons. The summed E-state index contributed by atoms with van der Waals surface area (Å²) >= 11 is 0. The van der Waals surface area contributed by atoms with Gasteiger partial charge in [0.25, 0.3) is 0 Å². The second-order valence-corrected chi connectivity index (χ2v) is 6.11. The van der Waals surface area contributed by atoms with E-state index in [-0.39, 0.29) is 11.8 Å². The molecular formula is C15H30N2O. The van der Waals surface area contributed by atoms with E-state index >= 15 is 0 Å². The zero-order valence-corrected chi connectivity index (χ0v) is 12.2. The van der Waals surface area contributed by atoms with Crippen LogP contribution in [-0.2, 0) is 4.79 Å². The molecule has 1 rings (SSSR count). The van der Waals surface area contributed by atoms with Gasteiger partial charge in [0.2, 0.25) is 5.91 Å². The minimum Gasteiger partial charge on any atom is -0.353 e. The molecule has 0 aromatic heterocycles. The van der Waals surface area contributed by atoms with E-state index in [4.69, 9.17) is 5.73 Å². The van der Waals surface area contributed by atoms with Crippen molar-refractivity contribution in [1.82, 2.24) is 5.32 Å². The van der Waals surface area contributed by atoms with Gasteiger partial charge in [-0.3, -0.25) is 4.79 Å². The Hall–Kier alpha value is -0.570. The van der Waals surface area contributed by atoms with Crippen molar-refractivity contribution in [3.8, 4) is 0 Å². The molecule has 18 heavy (non-hydrogen) atoms. The molecule has 1 aliphatic carbocycles. The third kappa shape index (κ3) is 4.97. The summed E-state index contributed by atoms with van der Waals surface area (Å²) in [7, 11) is 0. The first-order valence-electron chi connectivity index (χ1n) is 7.57. The quantitative estimate of drug-likeness (QED) is 0.765. The molecule has 2 unspecified atom stereocenters. The highest BCUT2D eigenvalue weighted by Gasteiger charge is 2.26. The number of carbonyl (C=O) groups is 1. The predicted octanol–water partition coefficient (Wildman–Crippen LogP) is 2.69. The summed E-state index contributed by atoms with van der Waals surface area (Å²) in [4.78, 5) is 12.1. The lowest BCUT2D eigenvalue weighted by atomic mass is 9.81. The second kappa shape index (κ2) is 7.78. The lowest BCUT2D eigenvalue weighted by molar-refractivity contribution is -0.126. The largest absolute Gasteiger partial charge is 0.353 e. The highest BCUT2D eigenvalue weighted by molar-refractivity contribution is 5.78. The van der Waals surface area contributed by atoms with Gasteiger partial charge in [-0.2, -0.15) is 0 Å². The Kier molecular flexibility index (Phi) is 6.69. The van der Waals surface area contributed by atoms with Crippen LogP contribution in [-0.4, -0.2) is 18.5 Å². The van der Waals surface area contributed by atoms with Gasteiger partial charge in [0, 0.05) is 12.0 Å². The molecule has 1 amide bonds. The minimum atomic E-state index is 0.229. The molecule has 0 aliphatic heterocycles. The number of nitrogens with one attached hydrogen (secondary N) is 1. The summed E-state index contributed by atoms with van der Waals surface area (Å²) in [6.07, 6.45) is 6.54. The van der Waals surface area contributed by atoms with Gasteiger partial charge in [-0.1, -0.05) is 20.3 Å². The summed E-state index contributed by atoms with van der Waals surface area (Å²) in [5.41, 5.74) is 5.68. The monoisotopic (exact) mass is 254 g/mol. The molecule has 1 fully saturated rings. The van der Waals surface area contributed by atoms with Gasteiger partial charge in [-0.05, 0) is 57.4 Å². The van der Waals surface area contributed by atoms with Crippen molar-refractivity contribution in [3.05, 3.63) is 0 Å². The fourth-order valence-electron chi connectivity index (χ4n) is 2.85. The third-order valence-electron chi connectivity index (χ3n) is 4.39. The Balaban J connectivity index is 2.28. The Morgan fingerprint density at radius 2 is 1.89 bits per heavy atom. The molecule has 0 aromatic rings. The van der Waals surface area contributed by atoms with Crippen LogP contribution in [0.1, 0.15) is 59.3 Å². The topological polar surface area (TPSA) is 55.1 Å². The summed E-state index contributed by atoms with van der Waals surface area (Å²) in [6, 6.07) is 0.305. The van der Waals surface area contributed by atoms with Crippen LogP contribution in [0.25, 0.3) is 0 Å². The maximum Gasteiger partial charge on any atom is 0.223 e. The van der Waals surface area contributed by atoms with Crippen LogP contribution in [0.3, 0.4) is 0 Å². The second-order valence-electron chi connectivity index (χ2n) is 6.11. The average molecular weight is 254 g/mol. The third-order valence-corrected chi connectivity index (χ3v) is 4.39. The van der Waals surface area contributed by atoms with Crippen molar-refractivity contribution in [2.24, 2.45) is 23.5 Å². The molecule has 0 saturated heterocycles. The van der Waals surface area contributed by atoms with Crippen molar-refractivity contribution in [3.63, 3.8) is 0 Å². The number of hydrogen-bond donors (Lipinski definition) is 2. The Bertz CT molecular complexity index is 247. The van der Waals surface area contributed by atoms with Gasteiger partial charge < -0.3 is 11.1 Å². The summed E-state index contributed by atoms with van der Waals surface area (Å²) in [5.74, 6) is 1.83. The maximum atomic E-state index is 12.1. The van der Waals surface area contributed by atoms with Gasteiger partial charge in [0.15, 0.2) is 0 Å². The van der Waals surface area contributed by atoms with E-state index in [1.807, 2.05) is 0 Å². The first-order chi connectivity index (χ1) is 8.56. The summed E-state index contributed by atoms with van der Waals surface area (Å²) < 4.78 is 0. The molecule has 0 spiro atoms. The first-order valence-corrected chi connectivity index (χ1v) is 7.57. The molecule has 0 heterocycles. The molecule has 3 nitrogen and oxygen atoms in total. The number of rotatable bonds is 6. The molecule has 0 aromatic carbocycles. The highest BCUT2D eigenvalue weighted by Crippen LogP contribution is 2.28. The minimum absolute atomic E-state index is 0.229. The number of carbonyl (C=O) groups excluding carboxylic acids is 1. The van der Waals surface area contributed by atoms with Crippen molar-refractivity contribution in [2.75, 3.05) is 6.54 Å². The lowest BCUT2D eigenvalue weighted by Crippen LogP contribution is -2.39. The van der Waals surface area contributed by atoms with E-state index in [1.54, 1.807) is 0 Å². The fourth-order valence-corrected chi connectivity index (χ4v) is 2.85. The van der Waals surface area contributed by atoms with E-state index in [1.165, 1.54) is 6.42 Å².